The molecule has 4 nitrogen and oxygen atoms in total. The molecule has 0 atom stereocenters. The number of rotatable bonds is 3. The molecule has 122 valence electrons. The molecular weight excluding hydrogens is 340 g/mol. The van der Waals surface area contributed by atoms with Gasteiger partial charge >= 0.3 is 5.97 Å². The third-order valence-electron chi connectivity index (χ3n) is 3.27. The van der Waals surface area contributed by atoms with Crippen molar-refractivity contribution in [1.82, 2.24) is 0 Å². The highest BCUT2D eigenvalue weighted by atomic mass is 35.5. The number of hydrogen-bond donors (Lipinski definition) is 0. The van der Waals surface area contributed by atoms with Crippen LogP contribution in [0.25, 0.3) is 6.08 Å². The summed E-state index contributed by atoms with van der Waals surface area (Å²) in [6.07, 6.45) is 1.47. The first-order valence-electron chi connectivity index (χ1n) is 6.79. The highest BCUT2D eigenvalue weighted by Gasteiger charge is 2.24. The van der Waals surface area contributed by atoms with E-state index in [-0.39, 0.29) is 17.2 Å². The van der Waals surface area contributed by atoms with E-state index in [4.69, 9.17) is 21.1 Å². The Morgan fingerprint density at radius 1 is 1.17 bits per heavy atom. The topological polar surface area (TPSA) is 47.9 Å². The molecule has 3 rings (SSSR count). The number of cyclic esters (lactones) is 1. The van der Waals surface area contributed by atoms with E-state index in [2.05, 4.69) is 4.99 Å². The molecule has 0 amide bonds. The quantitative estimate of drug-likeness (QED) is 0.622. The van der Waals surface area contributed by atoms with Gasteiger partial charge in [-0.3, -0.25) is 0 Å². The van der Waals surface area contributed by atoms with Crippen LogP contribution in [0.15, 0.2) is 47.1 Å². The molecule has 2 aromatic carbocycles. The van der Waals surface area contributed by atoms with Gasteiger partial charge in [-0.2, -0.15) is 0 Å². The van der Waals surface area contributed by atoms with Gasteiger partial charge < -0.3 is 9.47 Å². The van der Waals surface area contributed by atoms with Crippen molar-refractivity contribution < 1.29 is 23.0 Å². The predicted octanol–water partition coefficient (Wildman–Crippen LogP) is 3.97. The first-order valence-corrected chi connectivity index (χ1v) is 7.17. The fourth-order valence-electron chi connectivity index (χ4n) is 2.09. The molecule has 0 spiro atoms. The second-order valence-electron chi connectivity index (χ2n) is 4.86. The molecule has 0 aliphatic carbocycles. The highest BCUT2D eigenvalue weighted by molar-refractivity contribution is 6.32. The first kappa shape index (κ1) is 16.1. The molecule has 0 fully saturated rings. The van der Waals surface area contributed by atoms with Gasteiger partial charge in [0.15, 0.2) is 17.3 Å². The van der Waals surface area contributed by atoms with E-state index >= 15 is 0 Å². The summed E-state index contributed by atoms with van der Waals surface area (Å²) in [6, 6.07) is 8.06. The Hall–Kier alpha value is -2.73. The van der Waals surface area contributed by atoms with Crippen molar-refractivity contribution in [3.05, 3.63) is 69.9 Å². The molecule has 0 unspecified atom stereocenters. The number of nitrogens with zero attached hydrogens (tertiary/aromatic N) is 1. The molecule has 2 aromatic rings. The lowest BCUT2D eigenvalue weighted by Crippen LogP contribution is -2.06. The predicted molar refractivity (Wildman–Crippen MR) is 85.0 cm³/mol. The number of esters is 1. The third-order valence-corrected chi connectivity index (χ3v) is 3.56. The van der Waals surface area contributed by atoms with Crippen molar-refractivity contribution >= 4 is 29.5 Å². The van der Waals surface area contributed by atoms with E-state index in [9.17, 15) is 13.6 Å². The molecule has 0 saturated carbocycles. The molecule has 1 aliphatic heterocycles. The minimum absolute atomic E-state index is 0.0240. The van der Waals surface area contributed by atoms with Gasteiger partial charge in [0.25, 0.3) is 0 Å². The number of hydrogen-bond acceptors (Lipinski definition) is 4. The lowest BCUT2D eigenvalue weighted by Gasteiger charge is -2.03. The molecule has 0 radical (unpaired) electrons. The summed E-state index contributed by atoms with van der Waals surface area (Å²) >= 11 is 6.02. The summed E-state index contributed by atoms with van der Waals surface area (Å²) in [5, 5.41) is 0.378. The summed E-state index contributed by atoms with van der Waals surface area (Å²) in [7, 11) is 1.49. The zero-order valence-corrected chi connectivity index (χ0v) is 13.1. The molecule has 0 bridgehead atoms. The molecule has 0 N–H and O–H groups in total. The first-order chi connectivity index (χ1) is 11.5. The van der Waals surface area contributed by atoms with Gasteiger partial charge in [-0.25, -0.2) is 18.6 Å². The zero-order valence-electron chi connectivity index (χ0n) is 12.3. The Bertz CT molecular complexity index is 893. The van der Waals surface area contributed by atoms with Crippen molar-refractivity contribution in [3.8, 4) is 5.75 Å². The van der Waals surface area contributed by atoms with Crippen LogP contribution in [-0.4, -0.2) is 19.0 Å². The molecule has 24 heavy (non-hydrogen) atoms. The second-order valence-corrected chi connectivity index (χ2v) is 5.27. The van der Waals surface area contributed by atoms with E-state index in [1.54, 1.807) is 18.2 Å². The molecule has 7 heteroatoms. The smallest absolute Gasteiger partial charge is 0.363 e. The van der Waals surface area contributed by atoms with E-state index < -0.39 is 17.6 Å². The number of carbonyl (C=O) groups is 1. The average Bonchev–Trinajstić information content (AvgIpc) is 2.91. The van der Waals surface area contributed by atoms with Gasteiger partial charge in [0.1, 0.15) is 5.75 Å². The fourth-order valence-corrected chi connectivity index (χ4v) is 2.36. The third kappa shape index (κ3) is 3.14. The van der Waals surface area contributed by atoms with Crippen molar-refractivity contribution in [1.29, 1.82) is 0 Å². The minimum atomic E-state index is -1.05. The highest BCUT2D eigenvalue weighted by Crippen LogP contribution is 2.27. The van der Waals surface area contributed by atoms with Crippen LogP contribution >= 0.6 is 11.6 Å². The van der Waals surface area contributed by atoms with Gasteiger partial charge in [0.2, 0.25) is 5.90 Å². The van der Waals surface area contributed by atoms with Gasteiger partial charge in [-0.15, -0.1) is 0 Å². The largest absolute Gasteiger partial charge is 0.495 e. The SMILES string of the molecule is COc1ccc(/C=C2/N=C(c3ccc(F)c(F)c3)OC2=O)cc1Cl. The molecule has 1 aliphatic rings. The minimum Gasteiger partial charge on any atom is -0.495 e. The number of methoxy groups -OCH3 is 1. The van der Waals surface area contributed by atoms with Crippen LogP contribution in [0.4, 0.5) is 8.78 Å². The second kappa shape index (κ2) is 6.41. The Kier molecular flexibility index (Phi) is 4.31. The Labute approximate surface area is 141 Å². The lowest BCUT2D eigenvalue weighted by molar-refractivity contribution is -0.129. The van der Waals surface area contributed by atoms with Crippen molar-refractivity contribution in [2.24, 2.45) is 4.99 Å². The maximum absolute atomic E-state index is 13.3. The number of aliphatic imine (C=N–C) groups is 1. The van der Waals surface area contributed by atoms with Crippen LogP contribution in [0.2, 0.25) is 5.02 Å². The summed E-state index contributed by atoms with van der Waals surface area (Å²) < 4.78 is 36.3. The number of benzene rings is 2. The van der Waals surface area contributed by atoms with E-state index in [0.717, 1.165) is 12.1 Å². The Morgan fingerprint density at radius 3 is 2.62 bits per heavy atom. The van der Waals surface area contributed by atoms with Crippen LogP contribution in [0.3, 0.4) is 0 Å². The monoisotopic (exact) mass is 349 g/mol. The van der Waals surface area contributed by atoms with Crippen LogP contribution < -0.4 is 4.74 Å². The molecule has 1 heterocycles. The van der Waals surface area contributed by atoms with Crippen LogP contribution in [0.5, 0.6) is 5.75 Å². The maximum atomic E-state index is 13.3. The van der Waals surface area contributed by atoms with Crippen molar-refractivity contribution in [2.45, 2.75) is 0 Å². The van der Waals surface area contributed by atoms with Gasteiger partial charge in [0.05, 0.1) is 12.1 Å². The Balaban J connectivity index is 1.93. The van der Waals surface area contributed by atoms with Gasteiger partial charge in [-0.1, -0.05) is 17.7 Å². The lowest BCUT2D eigenvalue weighted by atomic mass is 10.2. The zero-order chi connectivity index (χ0) is 17.3. The van der Waals surface area contributed by atoms with Crippen LogP contribution in [-0.2, 0) is 9.53 Å². The number of carbonyl (C=O) groups excluding carboxylic acids is 1. The van der Waals surface area contributed by atoms with Gasteiger partial charge in [-0.05, 0) is 42.0 Å². The van der Waals surface area contributed by atoms with Crippen molar-refractivity contribution in [2.75, 3.05) is 7.11 Å². The van der Waals surface area contributed by atoms with E-state index in [1.165, 1.54) is 19.3 Å². The average molecular weight is 350 g/mol. The van der Waals surface area contributed by atoms with E-state index in [1.807, 2.05) is 0 Å². The fraction of sp³-hybridized carbons (Fsp3) is 0.0588. The Morgan fingerprint density at radius 2 is 1.96 bits per heavy atom. The molecule has 0 aromatic heterocycles. The van der Waals surface area contributed by atoms with E-state index in [0.29, 0.717) is 16.3 Å². The summed E-state index contributed by atoms with van der Waals surface area (Å²) in [5.41, 5.74) is 0.803. The standard InChI is InChI=1S/C17H10ClF2NO3/c1-23-15-5-2-9(6-11(15)18)7-14-17(22)24-16(21-14)10-3-4-12(19)13(20)8-10/h2-8H,1H3/b14-7+. The maximum Gasteiger partial charge on any atom is 0.363 e. The molecular formula is C17H10ClF2NO3. The summed E-state index contributed by atoms with van der Waals surface area (Å²) in [6.45, 7) is 0. The number of ether oxygens (including phenoxy) is 2. The van der Waals surface area contributed by atoms with Crippen molar-refractivity contribution in [3.63, 3.8) is 0 Å². The summed E-state index contributed by atoms with van der Waals surface area (Å²) in [5.74, 6) is -2.33. The van der Waals surface area contributed by atoms with Gasteiger partial charge in [0, 0.05) is 5.56 Å². The summed E-state index contributed by atoms with van der Waals surface area (Å²) in [4.78, 5) is 15.9. The normalized spacial score (nSPS) is 15.4. The van der Waals surface area contributed by atoms with Crippen LogP contribution in [0.1, 0.15) is 11.1 Å². The van der Waals surface area contributed by atoms with Crippen LogP contribution in [0, 0.1) is 11.6 Å². The number of halogens is 3. The molecule has 0 saturated heterocycles.